The normalized spacial score (nSPS) is 10.7. The Morgan fingerprint density at radius 1 is 1.32 bits per heavy atom. The van der Waals surface area contributed by atoms with Crippen molar-refractivity contribution in [3.63, 3.8) is 0 Å². The molecule has 0 aliphatic carbocycles. The van der Waals surface area contributed by atoms with Gasteiger partial charge in [-0.3, -0.25) is 9.36 Å². The van der Waals surface area contributed by atoms with E-state index in [0.29, 0.717) is 5.75 Å². The Morgan fingerprint density at radius 3 is 2.86 bits per heavy atom. The number of aryl methyl sites for hydroxylation is 2. The Hall–Kier alpha value is -1.82. The zero-order valence-electron chi connectivity index (χ0n) is 13.3. The van der Waals surface area contributed by atoms with Crippen LogP contribution in [-0.2, 0) is 4.79 Å². The number of nitrogens with one attached hydrogen (secondary N) is 1. The first-order chi connectivity index (χ1) is 10.6. The first-order valence-electron chi connectivity index (χ1n) is 7.49. The minimum Gasteiger partial charge on any atom is -0.355 e. The van der Waals surface area contributed by atoms with Gasteiger partial charge < -0.3 is 5.32 Å². The van der Waals surface area contributed by atoms with Crippen LogP contribution in [0.3, 0.4) is 0 Å². The van der Waals surface area contributed by atoms with Gasteiger partial charge in [-0.2, -0.15) is 0 Å². The molecule has 0 unspecified atom stereocenters. The summed E-state index contributed by atoms with van der Waals surface area (Å²) in [6, 6.07) is 6.22. The third-order valence-electron chi connectivity index (χ3n) is 3.47. The van der Waals surface area contributed by atoms with Gasteiger partial charge in [0.25, 0.3) is 0 Å². The molecule has 0 radical (unpaired) electrons. The van der Waals surface area contributed by atoms with Crippen LogP contribution in [0.25, 0.3) is 5.69 Å². The molecule has 1 aromatic carbocycles. The molecule has 1 heterocycles. The molecule has 0 fully saturated rings. The molecule has 1 amide bonds. The van der Waals surface area contributed by atoms with Crippen molar-refractivity contribution in [3.8, 4) is 5.69 Å². The maximum absolute atomic E-state index is 11.8. The van der Waals surface area contributed by atoms with Crippen LogP contribution < -0.4 is 5.32 Å². The zero-order valence-corrected chi connectivity index (χ0v) is 14.1. The first-order valence-corrected chi connectivity index (χ1v) is 8.47. The summed E-state index contributed by atoms with van der Waals surface area (Å²) in [6.45, 7) is 7.01. The number of amides is 1. The number of rotatable bonds is 7. The van der Waals surface area contributed by atoms with Crippen LogP contribution in [0.1, 0.15) is 30.9 Å². The van der Waals surface area contributed by atoms with Crippen LogP contribution in [0, 0.1) is 13.8 Å². The van der Waals surface area contributed by atoms with Gasteiger partial charge >= 0.3 is 0 Å². The predicted octanol–water partition coefficient (Wildman–Crippen LogP) is 2.89. The molecule has 2 rings (SSSR count). The van der Waals surface area contributed by atoms with Crippen molar-refractivity contribution in [2.24, 2.45) is 0 Å². The van der Waals surface area contributed by atoms with Gasteiger partial charge in [-0.15, -0.1) is 10.2 Å². The Kier molecular flexibility index (Phi) is 6.00. The lowest BCUT2D eigenvalue weighted by atomic mass is 10.1. The fourth-order valence-corrected chi connectivity index (χ4v) is 2.72. The lowest BCUT2D eigenvalue weighted by Gasteiger charge is -2.08. The van der Waals surface area contributed by atoms with Crippen molar-refractivity contribution in [2.75, 3.05) is 12.3 Å². The summed E-state index contributed by atoms with van der Waals surface area (Å²) >= 11 is 1.40. The highest BCUT2D eigenvalue weighted by Crippen LogP contribution is 2.21. The van der Waals surface area contributed by atoms with Crippen LogP contribution in [0.4, 0.5) is 0 Å². The number of hydrogen-bond acceptors (Lipinski definition) is 4. The molecular weight excluding hydrogens is 296 g/mol. The number of nitrogens with zero attached hydrogens (tertiary/aromatic N) is 3. The smallest absolute Gasteiger partial charge is 0.230 e. The molecular formula is C16H22N4OS. The SMILES string of the molecule is CCCCNC(=O)CSc1nncn1-c1ccc(C)c(C)c1. The van der Waals surface area contributed by atoms with Crippen molar-refractivity contribution in [1.82, 2.24) is 20.1 Å². The minimum absolute atomic E-state index is 0.0353. The number of carbonyl (C=O) groups excluding carboxylic acids is 1. The van der Waals surface area contributed by atoms with Gasteiger partial charge in [-0.1, -0.05) is 31.2 Å². The Balaban J connectivity index is 2.00. The van der Waals surface area contributed by atoms with Gasteiger partial charge in [0, 0.05) is 12.2 Å². The highest BCUT2D eigenvalue weighted by atomic mass is 32.2. The van der Waals surface area contributed by atoms with Gasteiger partial charge in [0.05, 0.1) is 5.75 Å². The summed E-state index contributed by atoms with van der Waals surface area (Å²) in [5.41, 5.74) is 3.49. The maximum atomic E-state index is 11.8. The molecule has 22 heavy (non-hydrogen) atoms. The summed E-state index contributed by atoms with van der Waals surface area (Å²) in [5.74, 6) is 0.390. The van der Waals surface area contributed by atoms with Crippen LogP contribution in [0.5, 0.6) is 0 Å². The topological polar surface area (TPSA) is 59.8 Å². The average molecular weight is 318 g/mol. The number of hydrogen-bond donors (Lipinski definition) is 1. The molecule has 118 valence electrons. The number of aromatic nitrogens is 3. The molecule has 0 saturated heterocycles. The second-order valence-corrected chi connectivity index (χ2v) is 6.19. The number of thioether (sulfide) groups is 1. The predicted molar refractivity (Wildman–Crippen MR) is 89.5 cm³/mol. The quantitative estimate of drug-likeness (QED) is 0.630. The van der Waals surface area contributed by atoms with Crippen LogP contribution in [0.2, 0.25) is 0 Å². The molecule has 0 spiro atoms. The van der Waals surface area contributed by atoms with E-state index < -0.39 is 0 Å². The van der Waals surface area contributed by atoms with Crippen LogP contribution in [0.15, 0.2) is 29.7 Å². The molecule has 1 aromatic heterocycles. The number of carbonyl (C=O) groups is 1. The number of benzene rings is 1. The molecule has 0 aliphatic heterocycles. The van der Waals surface area contributed by atoms with Crippen molar-refractivity contribution in [3.05, 3.63) is 35.7 Å². The maximum Gasteiger partial charge on any atom is 0.230 e. The van der Waals surface area contributed by atoms with E-state index in [2.05, 4.69) is 48.4 Å². The molecule has 0 aliphatic rings. The Morgan fingerprint density at radius 2 is 2.14 bits per heavy atom. The van der Waals surface area contributed by atoms with E-state index in [9.17, 15) is 4.79 Å². The molecule has 0 atom stereocenters. The zero-order chi connectivity index (χ0) is 15.9. The van der Waals surface area contributed by atoms with Crippen molar-refractivity contribution in [2.45, 2.75) is 38.8 Å². The van der Waals surface area contributed by atoms with E-state index in [-0.39, 0.29) is 5.91 Å². The van der Waals surface area contributed by atoms with Gasteiger partial charge in [0.15, 0.2) is 5.16 Å². The van der Waals surface area contributed by atoms with E-state index in [1.807, 2.05) is 10.6 Å². The van der Waals surface area contributed by atoms with Gasteiger partial charge in [0.1, 0.15) is 6.33 Å². The fraction of sp³-hybridized carbons (Fsp3) is 0.438. The minimum atomic E-state index is 0.0353. The molecule has 5 nitrogen and oxygen atoms in total. The number of unbranched alkanes of at least 4 members (excludes halogenated alkanes) is 1. The largest absolute Gasteiger partial charge is 0.355 e. The summed E-state index contributed by atoms with van der Waals surface area (Å²) in [6.07, 6.45) is 3.77. The van der Waals surface area contributed by atoms with Crippen molar-refractivity contribution < 1.29 is 4.79 Å². The third-order valence-corrected chi connectivity index (χ3v) is 4.41. The van der Waals surface area contributed by atoms with E-state index in [4.69, 9.17) is 0 Å². The monoisotopic (exact) mass is 318 g/mol. The third kappa shape index (κ3) is 4.34. The summed E-state index contributed by atoms with van der Waals surface area (Å²) in [4.78, 5) is 11.8. The first kappa shape index (κ1) is 16.5. The second kappa shape index (κ2) is 7.98. The second-order valence-electron chi connectivity index (χ2n) is 5.24. The summed E-state index contributed by atoms with van der Waals surface area (Å²) < 4.78 is 1.91. The summed E-state index contributed by atoms with van der Waals surface area (Å²) in [7, 11) is 0. The Bertz CT molecular complexity index is 639. The summed E-state index contributed by atoms with van der Waals surface area (Å²) in [5, 5.41) is 11.7. The lowest BCUT2D eigenvalue weighted by Crippen LogP contribution is -2.26. The van der Waals surface area contributed by atoms with Crippen molar-refractivity contribution >= 4 is 17.7 Å². The highest BCUT2D eigenvalue weighted by Gasteiger charge is 2.10. The average Bonchev–Trinajstić information content (AvgIpc) is 2.97. The highest BCUT2D eigenvalue weighted by molar-refractivity contribution is 7.99. The van der Waals surface area contributed by atoms with E-state index in [0.717, 1.165) is 30.2 Å². The van der Waals surface area contributed by atoms with Crippen molar-refractivity contribution in [1.29, 1.82) is 0 Å². The van der Waals surface area contributed by atoms with Gasteiger partial charge in [-0.05, 0) is 43.5 Å². The fourth-order valence-electron chi connectivity index (χ4n) is 1.96. The standard InChI is InChI=1S/C16H22N4OS/c1-4-5-8-17-15(21)10-22-16-19-18-11-20(16)14-7-6-12(2)13(3)9-14/h6-7,9,11H,4-5,8,10H2,1-3H3,(H,17,21). The van der Waals surface area contributed by atoms with E-state index in [1.54, 1.807) is 6.33 Å². The van der Waals surface area contributed by atoms with Gasteiger partial charge in [0.2, 0.25) is 5.91 Å². The van der Waals surface area contributed by atoms with Crippen LogP contribution in [-0.4, -0.2) is 33.0 Å². The Labute approximate surface area is 135 Å². The van der Waals surface area contributed by atoms with Gasteiger partial charge in [-0.25, -0.2) is 0 Å². The molecule has 6 heteroatoms. The van der Waals surface area contributed by atoms with E-state index in [1.165, 1.54) is 22.9 Å². The molecule has 1 N–H and O–H groups in total. The van der Waals surface area contributed by atoms with E-state index >= 15 is 0 Å². The molecule has 2 aromatic rings. The van der Waals surface area contributed by atoms with Crippen LogP contribution >= 0.6 is 11.8 Å². The lowest BCUT2D eigenvalue weighted by molar-refractivity contribution is -0.118. The molecule has 0 saturated carbocycles. The molecule has 0 bridgehead atoms.